The van der Waals surface area contributed by atoms with Crippen molar-refractivity contribution in [1.82, 2.24) is 0 Å². The van der Waals surface area contributed by atoms with Crippen LogP contribution in [0.5, 0.6) is 0 Å². The lowest BCUT2D eigenvalue weighted by Gasteiger charge is -2.06. The van der Waals surface area contributed by atoms with Crippen LogP contribution in [0.25, 0.3) is 0 Å². The van der Waals surface area contributed by atoms with Crippen LogP contribution in [0.1, 0.15) is 18.1 Å². The predicted octanol–water partition coefficient (Wildman–Crippen LogP) is 1.72. The maximum Gasteiger partial charge on any atom is 0.318 e. The smallest absolute Gasteiger partial charge is 0.318 e. The maximum absolute atomic E-state index is 11.6. The molecule has 0 heterocycles. The van der Waals surface area contributed by atoms with E-state index in [1.807, 2.05) is 31.2 Å². The van der Waals surface area contributed by atoms with E-state index >= 15 is 0 Å². The van der Waals surface area contributed by atoms with Crippen molar-refractivity contribution in [3.05, 3.63) is 35.4 Å². The summed E-state index contributed by atoms with van der Waals surface area (Å²) in [6, 6.07) is 7.61. The lowest BCUT2D eigenvalue weighted by molar-refractivity contribution is -0.136. The van der Waals surface area contributed by atoms with Crippen LogP contribution in [0.15, 0.2) is 24.3 Å². The molecule has 0 saturated heterocycles. The van der Waals surface area contributed by atoms with Gasteiger partial charge in [-0.1, -0.05) is 29.8 Å². The molecule has 0 aliphatic rings. The Morgan fingerprint density at radius 2 is 1.93 bits per heavy atom. The summed E-state index contributed by atoms with van der Waals surface area (Å²) in [5.41, 5.74) is 2.04. The molecule has 2 unspecified atom stereocenters. The van der Waals surface area contributed by atoms with Crippen molar-refractivity contribution in [2.75, 3.05) is 0 Å². The fraction of sp³-hybridized carbons (Fsp3) is 0.364. The van der Waals surface area contributed by atoms with E-state index in [9.17, 15) is 9.00 Å². The summed E-state index contributed by atoms with van der Waals surface area (Å²) in [6.07, 6.45) is 0. The Kier molecular flexibility index (Phi) is 4.03. The van der Waals surface area contributed by atoms with E-state index in [0.717, 1.165) is 11.1 Å². The molecule has 82 valence electrons. The number of aliphatic carboxylic acids is 1. The molecular weight excluding hydrogens is 212 g/mol. The number of aryl methyl sites for hydroxylation is 1. The van der Waals surface area contributed by atoms with Crippen molar-refractivity contribution in [3.8, 4) is 0 Å². The average Bonchev–Trinajstić information content (AvgIpc) is 2.20. The second-order valence-corrected chi connectivity index (χ2v) is 5.25. The first kappa shape index (κ1) is 11.9. The van der Waals surface area contributed by atoms with E-state index < -0.39 is 22.0 Å². The van der Waals surface area contributed by atoms with Gasteiger partial charge in [0.15, 0.2) is 0 Å². The van der Waals surface area contributed by atoms with Crippen molar-refractivity contribution in [3.63, 3.8) is 0 Å². The van der Waals surface area contributed by atoms with Gasteiger partial charge < -0.3 is 5.11 Å². The van der Waals surface area contributed by atoms with Crippen molar-refractivity contribution in [2.24, 2.45) is 0 Å². The zero-order chi connectivity index (χ0) is 11.4. The van der Waals surface area contributed by atoms with E-state index in [1.54, 1.807) is 0 Å². The third-order valence-corrected chi connectivity index (χ3v) is 3.78. The minimum absolute atomic E-state index is 0.299. The van der Waals surface area contributed by atoms with Gasteiger partial charge in [0.2, 0.25) is 0 Å². The Balaban J connectivity index is 2.66. The van der Waals surface area contributed by atoms with E-state index in [4.69, 9.17) is 5.11 Å². The van der Waals surface area contributed by atoms with Gasteiger partial charge in [0.1, 0.15) is 5.25 Å². The number of carboxylic acid groups (broad SMARTS) is 1. The van der Waals surface area contributed by atoms with Crippen LogP contribution in [-0.4, -0.2) is 20.5 Å². The highest BCUT2D eigenvalue weighted by Gasteiger charge is 2.18. The molecule has 0 amide bonds. The van der Waals surface area contributed by atoms with E-state index in [0.29, 0.717) is 5.75 Å². The molecule has 1 N–H and O–H groups in total. The Hall–Kier alpha value is -1.16. The third-order valence-electron chi connectivity index (χ3n) is 2.17. The summed E-state index contributed by atoms with van der Waals surface area (Å²) >= 11 is 0. The lowest BCUT2D eigenvalue weighted by Crippen LogP contribution is -2.22. The van der Waals surface area contributed by atoms with Crippen molar-refractivity contribution in [1.29, 1.82) is 0 Å². The summed E-state index contributed by atoms with van der Waals surface area (Å²) in [4.78, 5) is 10.6. The molecule has 0 saturated carbocycles. The summed E-state index contributed by atoms with van der Waals surface area (Å²) in [7, 11) is -1.35. The predicted molar refractivity (Wildman–Crippen MR) is 60.1 cm³/mol. The molecule has 1 rings (SSSR count). The van der Waals surface area contributed by atoms with Crippen LogP contribution in [0, 0.1) is 6.92 Å². The van der Waals surface area contributed by atoms with Crippen LogP contribution < -0.4 is 0 Å². The van der Waals surface area contributed by atoms with E-state index in [1.165, 1.54) is 6.92 Å². The Labute approximate surface area is 91.6 Å². The largest absolute Gasteiger partial charge is 0.480 e. The van der Waals surface area contributed by atoms with Gasteiger partial charge in [-0.05, 0) is 19.4 Å². The van der Waals surface area contributed by atoms with Gasteiger partial charge in [-0.25, -0.2) is 0 Å². The van der Waals surface area contributed by atoms with Gasteiger partial charge in [0.05, 0.1) is 0 Å². The van der Waals surface area contributed by atoms with Gasteiger partial charge in [0, 0.05) is 16.6 Å². The molecule has 0 aliphatic heterocycles. The maximum atomic E-state index is 11.6. The van der Waals surface area contributed by atoms with Gasteiger partial charge in [-0.2, -0.15) is 0 Å². The molecule has 15 heavy (non-hydrogen) atoms. The molecule has 1 aromatic carbocycles. The van der Waals surface area contributed by atoms with Crippen molar-refractivity contribution < 1.29 is 14.1 Å². The molecule has 0 radical (unpaired) electrons. The molecular formula is C11H14O3S. The van der Waals surface area contributed by atoms with Crippen LogP contribution >= 0.6 is 0 Å². The SMILES string of the molecule is Cc1ccc(CS(=O)C(C)C(=O)O)cc1. The molecule has 0 fully saturated rings. The normalized spacial score (nSPS) is 14.5. The topological polar surface area (TPSA) is 54.4 Å². The van der Waals surface area contributed by atoms with Crippen LogP contribution in [0.3, 0.4) is 0 Å². The van der Waals surface area contributed by atoms with Crippen molar-refractivity contribution >= 4 is 16.8 Å². The van der Waals surface area contributed by atoms with E-state index in [-0.39, 0.29) is 0 Å². The first-order valence-electron chi connectivity index (χ1n) is 4.66. The first-order chi connectivity index (χ1) is 7.00. The molecule has 4 heteroatoms. The molecule has 0 aliphatic carbocycles. The fourth-order valence-corrected chi connectivity index (χ4v) is 2.08. The second kappa shape index (κ2) is 5.07. The van der Waals surface area contributed by atoms with Crippen LogP contribution in [-0.2, 0) is 21.3 Å². The summed E-state index contributed by atoms with van der Waals surface area (Å²) < 4.78 is 11.6. The van der Waals surface area contributed by atoms with Gasteiger partial charge in [-0.3, -0.25) is 9.00 Å². The quantitative estimate of drug-likeness (QED) is 0.850. The van der Waals surface area contributed by atoms with Crippen molar-refractivity contribution in [2.45, 2.75) is 24.9 Å². The zero-order valence-corrected chi connectivity index (χ0v) is 9.58. The minimum atomic E-state index is -1.35. The second-order valence-electron chi connectivity index (χ2n) is 3.49. The monoisotopic (exact) mass is 226 g/mol. The summed E-state index contributed by atoms with van der Waals surface area (Å²) in [5.74, 6) is -0.714. The zero-order valence-electron chi connectivity index (χ0n) is 8.77. The van der Waals surface area contributed by atoms with Gasteiger partial charge >= 0.3 is 5.97 Å². The Bertz CT molecular complexity index is 370. The molecule has 1 aromatic rings. The third kappa shape index (κ3) is 3.47. The lowest BCUT2D eigenvalue weighted by atomic mass is 10.2. The Morgan fingerprint density at radius 3 is 2.40 bits per heavy atom. The number of benzene rings is 1. The highest BCUT2D eigenvalue weighted by molar-refractivity contribution is 7.85. The number of hydrogen-bond acceptors (Lipinski definition) is 2. The van der Waals surface area contributed by atoms with Crippen LogP contribution in [0.2, 0.25) is 0 Å². The Morgan fingerprint density at radius 1 is 1.40 bits per heavy atom. The highest BCUT2D eigenvalue weighted by Crippen LogP contribution is 2.09. The van der Waals surface area contributed by atoms with Crippen LogP contribution in [0.4, 0.5) is 0 Å². The summed E-state index contributed by atoms with van der Waals surface area (Å²) in [6.45, 7) is 3.44. The number of hydrogen-bond donors (Lipinski definition) is 1. The molecule has 0 spiro atoms. The standard InChI is InChI=1S/C11H14O3S/c1-8-3-5-10(6-4-8)7-15(14)9(2)11(12)13/h3-6,9H,7H2,1-2H3,(H,12,13). The number of rotatable bonds is 4. The molecule has 3 nitrogen and oxygen atoms in total. The van der Waals surface area contributed by atoms with E-state index in [2.05, 4.69) is 0 Å². The molecule has 0 aromatic heterocycles. The molecule has 2 atom stereocenters. The first-order valence-corrected chi connectivity index (χ1v) is 6.04. The molecule has 0 bridgehead atoms. The minimum Gasteiger partial charge on any atom is -0.480 e. The number of carboxylic acids is 1. The van der Waals surface area contributed by atoms with Gasteiger partial charge in [0.25, 0.3) is 0 Å². The fourth-order valence-electron chi connectivity index (χ4n) is 1.09. The number of carbonyl (C=O) groups is 1. The van der Waals surface area contributed by atoms with Gasteiger partial charge in [-0.15, -0.1) is 0 Å². The highest BCUT2D eigenvalue weighted by atomic mass is 32.2. The average molecular weight is 226 g/mol. The summed E-state index contributed by atoms with van der Waals surface area (Å²) in [5, 5.41) is 7.87.